The first-order valence-corrected chi connectivity index (χ1v) is 12.3. The first kappa shape index (κ1) is 30.0. The van der Waals surface area contributed by atoms with Crippen molar-refractivity contribution in [2.24, 2.45) is 11.6 Å². The molecule has 0 spiro atoms. The predicted octanol–water partition coefficient (Wildman–Crippen LogP) is 3.90. The van der Waals surface area contributed by atoms with E-state index in [1.54, 1.807) is 42.5 Å². The van der Waals surface area contributed by atoms with Gasteiger partial charge < -0.3 is 26.8 Å². The summed E-state index contributed by atoms with van der Waals surface area (Å²) in [7, 11) is 1.71. The number of nitrogens with zero attached hydrogens (tertiary/aromatic N) is 2. The number of hydrogen-bond acceptors (Lipinski definition) is 8. The summed E-state index contributed by atoms with van der Waals surface area (Å²) in [6.07, 6.45) is -1.25. The smallest absolute Gasteiger partial charge is 0.329 e. The number of carbonyl (C=O) groups excluding carboxylic acids is 1. The summed E-state index contributed by atoms with van der Waals surface area (Å²) in [5, 5.41) is 8.22. The number of nitrogens with one attached hydrogen (secondary N) is 4. The Kier molecular flexibility index (Phi) is 9.64. The number of alkyl halides is 3. The van der Waals surface area contributed by atoms with E-state index in [1.165, 1.54) is 11.1 Å². The molecular weight excluding hydrogens is 533 g/mol. The number of hydrogen-bond donors (Lipinski definition) is 6. The largest absolute Gasteiger partial charge is 0.417 e. The van der Waals surface area contributed by atoms with E-state index in [1.807, 2.05) is 13.8 Å². The van der Waals surface area contributed by atoms with Crippen molar-refractivity contribution in [3.63, 3.8) is 0 Å². The lowest BCUT2D eigenvalue weighted by atomic mass is 10.1. The first-order chi connectivity index (χ1) is 18.4. The van der Waals surface area contributed by atoms with E-state index in [9.17, 15) is 18.0 Å². The van der Waals surface area contributed by atoms with Crippen LogP contribution < -0.4 is 38.2 Å². The fourth-order valence-electron chi connectivity index (χ4n) is 3.85. The number of carbonyl (C=O) groups is 1. The van der Waals surface area contributed by atoms with Gasteiger partial charge in [-0.05, 0) is 49.2 Å². The number of hydrazine groups is 3. The molecule has 0 fully saturated rings. The molecule has 0 bridgehead atoms. The van der Waals surface area contributed by atoms with E-state index >= 15 is 0 Å². The van der Waals surface area contributed by atoms with Crippen LogP contribution in [0.15, 0.2) is 66.2 Å². The maximum atomic E-state index is 13.7. The fourth-order valence-corrected chi connectivity index (χ4v) is 4.14. The highest BCUT2D eigenvalue weighted by Gasteiger charge is 2.35. The van der Waals surface area contributed by atoms with Gasteiger partial charge in [-0.25, -0.2) is 5.84 Å². The zero-order valence-corrected chi connectivity index (χ0v) is 22.6. The van der Waals surface area contributed by atoms with Gasteiger partial charge in [-0.2, -0.15) is 13.2 Å². The Balaban J connectivity index is 1.91. The Labute approximate surface area is 230 Å². The van der Waals surface area contributed by atoms with Gasteiger partial charge in [-0.1, -0.05) is 30.3 Å². The predicted molar refractivity (Wildman–Crippen MR) is 148 cm³/mol. The maximum Gasteiger partial charge on any atom is 0.417 e. The Morgan fingerprint density at radius 2 is 2.00 bits per heavy atom. The normalized spacial score (nSPS) is 14.0. The number of aryl methyl sites for hydroxylation is 1. The van der Waals surface area contributed by atoms with Crippen molar-refractivity contribution < 1.29 is 18.0 Å². The summed E-state index contributed by atoms with van der Waals surface area (Å²) in [5.74, 6) is 5.28. The van der Waals surface area contributed by atoms with E-state index in [0.29, 0.717) is 24.5 Å². The number of benzene rings is 2. The maximum absolute atomic E-state index is 13.7. The molecule has 0 atom stereocenters. The van der Waals surface area contributed by atoms with E-state index in [4.69, 9.17) is 23.2 Å². The molecule has 1 heterocycles. The van der Waals surface area contributed by atoms with Gasteiger partial charge in [0.15, 0.2) is 0 Å². The molecule has 13 heteroatoms. The van der Waals surface area contributed by atoms with Crippen LogP contribution in [-0.2, 0) is 12.7 Å². The molecule has 1 aliphatic rings. The molecule has 8 N–H and O–H groups in total. The number of halogens is 4. The lowest BCUT2D eigenvalue weighted by molar-refractivity contribution is -0.137. The van der Waals surface area contributed by atoms with Gasteiger partial charge in [0.05, 0.1) is 22.0 Å². The molecule has 1 aliphatic heterocycles. The first-order valence-electron chi connectivity index (χ1n) is 11.9. The second-order valence-electron chi connectivity index (χ2n) is 8.88. The number of amides is 1. The minimum absolute atomic E-state index is 0.0336. The summed E-state index contributed by atoms with van der Waals surface area (Å²) < 4.78 is 41.0. The van der Waals surface area contributed by atoms with Crippen LogP contribution in [0.5, 0.6) is 0 Å². The van der Waals surface area contributed by atoms with Crippen LogP contribution in [0.3, 0.4) is 0 Å². The molecule has 0 saturated carbocycles. The van der Waals surface area contributed by atoms with Crippen LogP contribution in [0, 0.1) is 6.92 Å². The third kappa shape index (κ3) is 7.11. The topological polar surface area (TPSA) is 124 Å². The molecule has 0 aromatic heterocycles. The van der Waals surface area contributed by atoms with Crippen molar-refractivity contribution >= 4 is 28.9 Å². The molecule has 1 amide bonds. The Morgan fingerprint density at radius 3 is 2.62 bits per heavy atom. The molecule has 9 nitrogen and oxygen atoms in total. The van der Waals surface area contributed by atoms with Gasteiger partial charge in [0.25, 0.3) is 5.91 Å². The third-order valence-electron chi connectivity index (χ3n) is 6.06. The monoisotopic (exact) mass is 564 g/mol. The second-order valence-corrected chi connectivity index (χ2v) is 9.26. The van der Waals surface area contributed by atoms with Gasteiger partial charge in [0, 0.05) is 55.4 Å². The molecule has 39 heavy (non-hydrogen) atoms. The molecule has 3 rings (SSSR count). The minimum atomic E-state index is -4.70. The van der Waals surface area contributed by atoms with Crippen molar-refractivity contribution in [2.75, 3.05) is 30.5 Å². The standard InChI is InChI=1S/C26H32ClF3N8O/c1-5-20(16(3)37(4)32)22-14-38(36-35-22)23-11-17(7-6-15(23)2)25(39)34-19-10-18(13-33-9-8-31)24(27)21(12-19)26(28,29)30/h5-7,10-12,14,33,35-36H,1,8-9,13,31-32H2,2-4H3,(H,34,39)/b20-16+. The summed E-state index contributed by atoms with van der Waals surface area (Å²) in [6, 6.07) is 7.20. The van der Waals surface area contributed by atoms with Gasteiger partial charge in [-0.3, -0.25) is 9.80 Å². The molecule has 0 unspecified atom stereocenters. The van der Waals surface area contributed by atoms with Crippen molar-refractivity contribution in [3.8, 4) is 0 Å². The Bertz CT molecular complexity index is 1310. The summed E-state index contributed by atoms with van der Waals surface area (Å²) >= 11 is 6.04. The van der Waals surface area contributed by atoms with Gasteiger partial charge in [0.1, 0.15) is 0 Å². The molecule has 2 aromatic rings. The van der Waals surface area contributed by atoms with Crippen LogP contribution in [0.1, 0.15) is 34.0 Å². The molecule has 0 aliphatic carbocycles. The zero-order chi connectivity index (χ0) is 28.9. The molecular formula is C26H32ClF3N8O. The highest BCUT2D eigenvalue weighted by Crippen LogP contribution is 2.38. The Morgan fingerprint density at radius 1 is 1.28 bits per heavy atom. The lowest BCUT2D eigenvalue weighted by Crippen LogP contribution is -2.37. The quantitative estimate of drug-likeness (QED) is 0.111. The Hall–Kier alpha value is -3.55. The molecule has 0 radical (unpaired) electrons. The summed E-state index contributed by atoms with van der Waals surface area (Å²) in [6.45, 7) is 8.31. The van der Waals surface area contributed by atoms with Crippen molar-refractivity contribution in [1.29, 1.82) is 0 Å². The molecule has 2 aromatic carbocycles. The average molecular weight is 565 g/mol. The van der Waals surface area contributed by atoms with Crippen molar-refractivity contribution in [2.45, 2.75) is 26.6 Å². The third-order valence-corrected chi connectivity index (χ3v) is 6.51. The van der Waals surface area contributed by atoms with E-state index in [-0.39, 0.29) is 23.4 Å². The number of allylic oxidation sites excluding steroid dienone is 2. The average Bonchev–Trinajstić information content (AvgIpc) is 3.35. The lowest BCUT2D eigenvalue weighted by Gasteiger charge is -2.19. The highest BCUT2D eigenvalue weighted by atomic mass is 35.5. The molecule has 210 valence electrons. The number of anilines is 2. The summed E-state index contributed by atoms with van der Waals surface area (Å²) in [4.78, 5) is 13.1. The fraction of sp³-hybridized carbons (Fsp3) is 0.269. The summed E-state index contributed by atoms with van der Waals surface area (Å²) in [5.41, 5.74) is 14.6. The van der Waals surface area contributed by atoms with Gasteiger partial charge in [-0.15, -0.1) is 5.53 Å². The van der Waals surface area contributed by atoms with Crippen molar-refractivity contribution in [1.82, 2.24) is 21.3 Å². The van der Waals surface area contributed by atoms with Crippen LogP contribution in [0.25, 0.3) is 0 Å². The SMILES string of the molecule is C=C/C(C1=CN(c2cc(C(=O)Nc3cc(CNCCN)c(Cl)c(C(F)(F)F)c3)ccc2C)NN1)=C(/C)N(C)N. The van der Waals surface area contributed by atoms with E-state index in [2.05, 4.69) is 28.2 Å². The van der Waals surface area contributed by atoms with E-state index < -0.39 is 22.7 Å². The number of rotatable bonds is 10. The van der Waals surface area contributed by atoms with Crippen LogP contribution in [0.2, 0.25) is 5.02 Å². The molecule has 0 saturated heterocycles. The van der Waals surface area contributed by atoms with E-state index in [0.717, 1.165) is 22.9 Å². The number of nitrogens with two attached hydrogens (primary N) is 2. The van der Waals surface area contributed by atoms with Crippen LogP contribution in [-0.4, -0.2) is 31.1 Å². The van der Waals surface area contributed by atoms with Gasteiger partial charge in [0.2, 0.25) is 0 Å². The zero-order valence-electron chi connectivity index (χ0n) is 21.8. The van der Waals surface area contributed by atoms with Crippen LogP contribution >= 0.6 is 11.6 Å². The van der Waals surface area contributed by atoms with Crippen molar-refractivity contribution in [3.05, 3.63) is 93.4 Å². The second kappa shape index (κ2) is 12.5. The van der Waals surface area contributed by atoms with Gasteiger partial charge >= 0.3 is 6.18 Å². The highest BCUT2D eigenvalue weighted by molar-refractivity contribution is 6.32. The minimum Gasteiger partial charge on any atom is -0.329 e. The van der Waals surface area contributed by atoms with Crippen LogP contribution in [0.4, 0.5) is 24.5 Å².